The minimum Gasteiger partial charge on any atom is -0.497 e. The number of hydrogen-bond acceptors (Lipinski definition) is 4. The summed E-state index contributed by atoms with van der Waals surface area (Å²) in [6, 6.07) is 16.6. The first-order valence-corrected chi connectivity index (χ1v) is 9.77. The summed E-state index contributed by atoms with van der Waals surface area (Å²) in [5, 5.41) is 9.30. The van der Waals surface area contributed by atoms with Crippen molar-refractivity contribution in [1.29, 1.82) is 0 Å². The second-order valence-corrected chi connectivity index (χ2v) is 7.48. The van der Waals surface area contributed by atoms with Crippen molar-refractivity contribution in [2.75, 3.05) is 25.5 Å². The monoisotopic (exact) mass is 382 g/mol. The van der Waals surface area contributed by atoms with E-state index in [-0.39, 0.29) is 6.03 Å². The number of hydrogen-bond donors (Lipinski definition) is 3. The van der Waals surface area contributed by atoms with Crippen molar-refractivity contribution >= 4 is 11.7 Å². The first-order chi connectivity index (χ1) is 13.5. The molecule has 6 nitrogen and oxygen atoms in total. The predicted octanol–water partition coefficient (Wildman–Crippen LogP) is 3.20. The van der Waals surface area contributed by atoms with E-state index in [1.807, 2.05) is 48.5 Å². The van der Waals surface area contributed by atoms with Crippen LogP contribution in [0.5, 0.6) is 5.75 Å². The van der Waals surface area contributed by atoms with Gasteiger partial charge in [0.1, 0.15) is 5.75 Å². The van der Waals surface area contributed by atoms with E-state index in [0.717, 1.165) is 36.6 Å². The lowest BCUT2D eigenvalue weighted by molar-refractivity contribution is 0.0913. The SMILES string of the molecule is COc1ccc(CNC(=O)Nc2ccc(CNC3CN(C(C)C)C3)cc2)cc1. The van der Waals surface area contributed by atoms with Gasteiger partial charge in [-0.05, 0) is 49.2 Å². The van der Waals surface area contributed by atoms with Crippen molar-refractivity contribution < 1.29 is 9.53 Å². The van der Waals surface area contributed by atoms with E-state index in [2.05, 4.69) is 34.7 Å². The zero-order chi connectivity index (χ0) is 19.9. The molecule has 0 aromatic heterocycles. The fourth-order valence-electron chi connectivity index (χ4n) is 3.13. The normalized spacial score (nSPS) is 14.6. The van der Waals surface area contributed by atoms with E-state index in [1.165, 1.54) is 5.56 Å². The number of carbonyl (C=O) groups is 1. The molecule has 3 rings (SSSR count). The molecule has 2 aromatic rings. The molecule has 6 heteroatoms. The molecule has 1 aliphatic heterocycles. The van der Waals surface area contributed by atoms with Gasteiger partial charge in [0, 0.05) is 44.0 Å². The first-order valence-electron chi connectivity index (χ1n) is 9.77. The van der Waals surface area contributed by atoms with Gasteiger partial charge in [0.15, 0.2) is 0 Å². The number of nitrogens with one attached hydrogen (secondary N) is 3. The molecule has 2 amide bonds. The number of benzene rings is 2. The highest BCUT2D eigenvalue weighted by Crippen LogP contribution is 2.14. The summed E-state index contributed by atoms with van der Waals surface area (Å²) in [4.78, 5) is 14.5. The van der Waals surface area contributed by atoms with Crippen LogP contribution in [0, 0.1) is 0 Å². The Kier molecular flexibility index (Phi) is 6.90. The average molecular weight is 383 g/mol. The largest absolute Gasteiger partial charge is 0.497 e. The number of amides is 2. The molecule has 150 valence electrons. The molecule has 0 saturated carbocycles. The van der Waals surface area contributed by atoms with Gasteiger partial charge in [-0.2, -0.15) is 0 Å². The Morgan fingerprint density at radius 3 is 2.25 bits per heavy atom. The van der Waals surface area contributed by atoms with Crippen LogP contribution in [0.4, 0.5) is 10.5 Å². The van der Waals surface area contributed by atoms with Crippen LogP contribution < -0.4 is 20.7 Å². The number of carbonyl (C=O) groups excluding carboxylic acids is 1. The Morgan fingerprint density at radius 2 is 1.64 bits per heavy atom. The third kappa shape index (κ3) is 5.71. The topological polar surface area (TPSA) is 65.6 Å². The summed E-state index contributed by atoms with van der Waals surface area (Å²) in [7, 11) is 1.63. The number of methoxy groups -OCH3 is 1. The predicted molar refractivity (Wildman–Crippen MR) is 113 cm³/mol. The van der Waals surface area contributed by atoms with Gasteiger partial charge < -0.3 is 20.7 Å². The fraction of sp³-hybridized carbons (Fsp3) is 0.409. The maximum atomic E-state index is 12.1. The van der Waals surface area contributed by atoms with Crippen LogP contribution in [-0.2, 0) is 13.1 Å². The lowest BCUT2D eigenvalue weighted by atomic mass is 10.1. The summed E-state index contributed by atoms with van der Waals surface area (Å²) in [5.74, 6) is 0.803. The summed E-state index contributed by atoms with van der Waals surface area (Å²) in [6.45, 7) is 8.01. The van der Waals surface area contributed by atoms with Gasteiger partial charge in [0.2, 0.25) is 0 Å². The number of likely N-dealkylation sites (tertiary alicyclic amines) is 1. The van der Waals surface area contributed by atoms with E-state index < -0.39 is 0 Å². The second-order valence-electron chi connectivity index (χ2n) is 7.48. The van der Waals surface area contributed by atoms with Gasteiger partial charge in [-0.15, -0.1) is 0 Å². The Labute approximate surface area is 167 Å². The van der Waals surface area contributed by atoms with Crippen molar-refractivity contribution in [3.05, 3.63) is 59.7 Å². The van der Waals surface area contributed by atoms with Crippen LogP contribution in [-0.4, -0.2) is 43.2 Å². The molecule has 1 fully saturated rings. The minimum absolute atomic E-state index is 0.218. The smallest absolute Gasteiger partial charge is 0.319 e. The van der Waals surface area contributed by atoms with Gasteiger partial charge in [-0.3, -0.25) is 4.90 Å². The Balaban J connectivity index is 1.38. The van der Waals surface area contributed by atoms with Crippen LogP contribution in [0.25, 0.3) is 0 Å². The lowest BCUT2D eigenvalue weighted by Crippen LogP contribution is -2.59. The van der Waals surface area contributed by atoms with Gasteiger partial charge in [0.25, 0.3) is 0 Å². The van der Waals surface area contributed by atoms with Crippen LogP contribution in [0.15, 0.2) is 48.5 Å². The maximum Gasteiger partial charge on any atom is 0.319 e. The summed E-state index contributed by atoms with van der Waals surface area (Å²) >= 11 is 0. The average Bonchev–Trinajstić information content (AvgIpc) is 2.66. The summed E-state index contributed by atoms with van der Waals surface area (Å²) in [5.41, 5.74) is 3.02. The lowest BCUT2D eigenvalue weighted by Gasteiger charge is -2.42. The highest BCUT2D eigenvalue weighted by Gasteiger charge is 2.27. The van der Waals surface area contributed by atoms with Gasteiger partial charge in [-0.25, -0.2) is 4.79 Å². The fourth-order valence-corrected chi connectivity index (χ4v) is 3.13. The molecule has 1 saturated heterocycles. The number of urea groups is 1. The van der Waals surface area contributed by atoms with Gasteiger partial charge >= 0.3 is 6.03 Å². The van der Waals surface area contributed by atoms with Gasteiger partial charge in [-0.1, -0.05) is 24.3 Å². The third-order valence-electron chi connectivity index (χ3n) is 5.06. The number of ether oxygens (including phenoxy) is 1. The highest BCUT2D eigenvalue weighted by molar-refractivity contribution is 5.89. The Morgan fingerprint density at radius 1 is 1.04 bits per heavy atom. The molecule has 0 unspecified atom stereocenters. The third-order valence-corrected chi connectivity index (χ3v) is 5.06. The minimum atomic E-state index is -0.218. The molecular formula is C22H30N4O2. The van der Waals surface area contributed by atoms with E-state index in [1.54, 1.807) is 7.11 Å². The number of rotatable bonds is 8. The van der Waals surface area contributed by atoms with E-state index >= 15 is 0 Å². The first kappa shape index (κ1) is 20.2. The maximum absolute atomic E-state index is 12.1. The molecule has 28 heavy (non-hydrogen) atoms. The number of nitrogens with zero attached hydrogens (tertiary/aromatic N) is 1. The van der Waals surface area contributed by atoms with Crippen LogP contribution in [0.2, 0.25) is 0 Å². The van der Waals surface area contributed by atoms with E-state index in [9.17, 15) is 4.79 Å². The standard InChI is InChI=1S/C22H30N4O2/c1-16(2)26-14-20(15-26)23-12-17-4-8-19(9-5-17)25-22(27)24-13-18-6-10-21(28-3)11-7-18/h4-11,16,20,23H,12-15H2,1-3H3,(H2,24,25,27). The molecular weight excluding hydrogens is 352 g/mol. The molecule has 0 spiro atoms. The second kappa shape index (κ2) is 9.57. The zero-order valence-electron chi connectivity index (χ0n) is 16.9. The Bertz CT molecular complexity index is 753. The van der Waals surface area contributed by atoms with Crippen molar-refractivity contribution in [1.82, 2.24) is 15.5 Å². The van der Waals surface area contributed by atoms with Crippen LogP contribution >= 0.6 is 0 Å². The molecule has 0 atom stereocenters. The molecule has 0 radical (unpaired) electrons. The molecule has 1 aliphatic rings. The van der Waals surface area contributed by atoms with Crippen LogP contribution in [0.1, 0.15) is 25.0 Å². The summed E-state index contributed by atoms with van der Waals surface area (Å²) < 4.78 is 5.13. The zero-order valence-corrected chi connectivity index (χ0v) is 16.9. The van der Waals surface area contributed by atoms with Crippen molar-refractivity contribution in [3.8, 4) is 5.75 Å². The molecule has 0 bridgehead atoms. The van der Waals surface area contributed by atoms with E-state index in [4.69, 9.17) is 4.74 Å². The molecule has 3 N–H and O–H groups in total. The summed E-state index contributed by atoms with van der Waals surface area (Å²) in [6.07, 6.45) is 0. The van der Waals surface area contributed by atoms with Crippen molar-refractivity contribution in [2.24, 2.45) is 0 Å². The van der Waals surface area contributed by atoms with Crippen molar-refractivity contribution in [2.45, 2.75) is 39.0 Å². The van der Waals surface area contributed by atoms with Gasteiger partial charge in [0.05, 0.1) is 7.11 Å². The molecule has 1 heterocycles. The number of anilines is 1. The molecule has 0 aliphatic carbocycles. The van der Waals surface area contributed by atoms with Crippen LogP contribution in [0.3, 0.4) is 0 Å². The molecule has 2 aromatic carbocycles. The highest BCUT2D eigenvalue weighted by atomic mass is 16.5. The quantitative estimate of drug-likeness (QED) is 0.656. The van der Waals surface area contributed by atoms with Crippen molar-refractivity contribution in [3.63, 3.8) is 0 Å². The van der Waals surface area contributed by atoms with E-state index in [0.29, 0.717) is 18.6 Å². The Hall–Kier alpha value is -2.57.